The normalized spacial score (nSPS) is 25.5. The van der Waals surface area contributed by atoms with E-state index in [0.717, 1.165) is 42.5 Å². The molecule has 2 N–H and O–H groups in total. The highest BCUT2D eigenvalue weighted by Gasteiger charge is 2.30. The molecule has 0 saturated carbocycles. The number of piperidine rings is 1. The molecule has 1 unspecified atom stereocenters. The van der Waals surface area contributed by atoms with Crippen LogP contribution in [0.15, 0.2) is 12.1 Å². The van der Waals surface area contributed by atoms with Crippen LogP contribution in [0.1, 0.15) is 19.3 Å². The zero-order chi connectivity index (χ0) is 14.2. The average Bonchev–Trinajstić information content (AvgIpc) is 2.54. The van der Waals surface area contributed by atoms with Gasteiger partial charge >= 0.3 is 0 Å². The summed E-state index contributed by atoms with van der Waals surface area (Å²) >= 11 is 0. The number of piperazine rings is 1. The molecule has 2 saturated heterocycles. The molecule has 114 valence electrons. The van der Waals surface area contributed by atoms with E-state index >= 15 is 0 Å². The first kappa shape index (κ1) is 13.1. The van der Waals surface area contributed by atoms with Crippen LogP contribution in [0.2, 0.25) is 0 Å². The van der Waals surface area contributed by atoms with Crippen LogP contribution < -0.4 is 20.1 Å². The molecule has 3 heterocycles. The highest BCUT2D eigenvalue weighted by Crippen LogP contribution is 2.39. The minimum atomic E-state index is 0.604. The second-order valence-electron chi connectivity index (χ2n) is 6.19. The van der Waals surface area contributed by atoms with Crippen LogP contribution in [0.4, 0.5) is 11.4 Å². The maximum absolute atomic E-state index is 6.25. The molecule has 1 atom stereocenters. The van der Waals surface area contributed by atoms with Gasteiger partial charge in [0.2, 0.25) is 0 Å². The molecule has 5 nitrogen and oxygen atoms in total. The third-order valence-electron chi connectivity index (χ3n) is 4.87. The molecule has 0 bridgehead atoms. The van der Waals surface area contributed by atoms with Gasteiger partial charge in [0, 0.05) is 37.8 Å². The molecular weight excluding hydrogens is 266 g/mol. The molecule has 1 aromatic carbocycles. The summed E-state index contributed by atoms with van der Waals surface area (Å²) in [6.07, 6.45) is 4.01. The number of nitrogens with zero attached hydrogens (tertiary/aromatic N) is 2. The van der Waals surface area contributed by atoms with Gasteiger partial charge in [-0.1, -0.05) is 6.42 Å². The summed E-state index contributed by atoms with van der Waals surface area (Å²) in [6.45, 7) is 5.73. The van der Waals surface area contributed by atoms with Crippen LogP contribution in [0.5, 0.6) is 11.5 Å². The summed E-state index contributed by atoms with van der Waals surface area (Å²) in [4.78, 5) is 5.05. The standard InChI is InChI=1S/C16H23N3O2/c17-13-9-15-16(21-8-7-20-15)10-14(13)19-6-5-18-4-2-1-3-12(18)11-19/h9-10,12H,1-8,11,17H2. The fourth-order valence-electron chi connectivity index (χ4n) is 3.74. The molecule has 0 aromatic heterocycles. The Balaban J connectivity index is 1.58. The smallest absolute Gasteiger partial charge is 0.163 e. The van der Waals surface area contributed by atoms with Gasteiger partial charge in [0.25, 0.3) is 0 Å². The van der Waals surface area contributed by atoms with Crippen molar-refractivity contribution in [1.82, 2.24) is 4.90 Å². The second kappa shape index (κ2) is 5.30. The fraction of sp³-hybridized carbons (Fsp3) is 0.625. The number of fused-ring (bicyclic) bond motifs is 2. The van der Waals surface area contributed by atoms with E-state index in [2.05, 4.69) is 15.9 Å². The zero-order valence-corrected chi connectivity index (χ0v) is 12.4. The molecule has 0 radical (unpaired) electrons. The van der Waals surface area contributed by atoms with Crippen molar-refractivity contribution >= 4 is 11.4 Å². The SMILES string of the molecule is Nc1cc2c(cc1N1CCN3CCCCC3C1)OCCO2. The first-order chi connectivity index (χ1) is 10.3. The maximum atomic E-state index is 6.25. The predicted molar refractivity (Wildman–Crippen MR) is 83.3 cm³/mol. The lowest BCUT2D eigenvalue weighted by atomic mass is 9.99. The summed E-state index contributed by atoms with van der Waals surface area (Å²) in [6, 6.07) is 4.65. The van der Waals surface area contributed by atoms with Gasteiger partial charge in [-0.2, -0.15) is 0 Å². The zero-order valence-electron chi connectivity index (χ0n) is 12.4. The van der Waals surface area contributed by atoms with E-state index in [9.17, 15) is 0 Å². The molecule has 21 heavy (non-hydrogen) atoms. The van der Waals surface area contributed by atoms with Gasteiger partial charge in [-0.05, 0) is 19.4 Å². The Morgan fingerprint density at radius 1 is 1.00 bits per heavy atom. The lowest BCUT2D eigenvalue weighted by molar-refractivity contribution is 0.133. The third kappa shape index (κ3) is 2.39. The van der Waals surface area contributed by atoms with Crippen LogP contribution in [-0.2, 0) is 0 Å². The van der Waals surface area contributed by atoms with E-state index in [0.29, 0.717) is 19.3 Å². The van der Waals surface area contributed by atoms with E-state index in [4.69, 9.17) is 15.2 Å². The van der Waals surface area contributed by atoms with Crippen molar-refractivity contribution in [1.29, 1.82) is 0 Å². The van der Waals surface area contributed by atoms with Crippen LogP contribution in [0, 0.1) is 0 Å². The summed E-state index contributed by atoms with van der Waals surface area (Å²) in [7, 11) is 0. The van der Waals surface area contributed by atoms with E-state index in [1.54, 1.807) is 0 Å². The number of nitrogen functional groups attached to an aromatic ring is 1. The van der Waals surface area contributed by atoms with Crippen molar-refractivity contribution in [2.24, 2.45) is 0 Å². The molecule has 0 amide bonds. The van der Waals surface area contributed by atoms with Crippen LogP contribution in [0.3, 0.4) is 0 Å². The van der Waals surface area contributed by atoms with Crippen LogP contribution in [-0.4, -0.2) is 50.3 Å². The molecule has 3 aliphatic rings. The molecule has 3 aliphatic heterocycles. The summed E-state index contributed by atoms with van der Waals surface area (Å²) in [5.41, 5.74) is 8.15. The highest BCUT2D eigenvalue weighted by atomic mass is 16.6. The molecule has 0 spiro atoms. The van der Waals surface area contributed by atoms with Crippen molar-refractivity contribution in [2.45, 2.75) is 25.3 Å². The number of nitrogens with two attached hydrogens (primary N) is 1. The fourth-order valence-corrected chi connectivity index (χ4v) is 3.74. The van der Waals surface area contributed by atoms with Crippen molar-refractivity contribution in [3.05, 3.63) is 12.1 Å². The third-order valence-corrected chi connectivity index (χ3v) is 4.87. The Bertz CT molecular complexity index is 534. The quantitative estimate of drug-likeness (QED) is 0.798. The molecule has 2 fully saturated rings. The largest absolute Gasteiger partial charge is 0.486 e. The minimum Gasteiger partial charge on any atom is -0.486 e. The topological polar surface area (TPSA) is 51.0 Å². The van der Waals surface area contributed by atoms with Crippen molar-refractivity contribution < 1.29 is 9.47 Å². The number of rotatable bonds is 1. The molecular formula is C16H23N3O2. The lowest BCUT2D eigenvalue weighted by Gasteiger charge is -2.45. The van der Waals surface area contributed by atoms with Gasteiger partial charge in [0.15, 0.2) is 11.5 Å². The van der Waals surface area contributed by atoms with Gasteiger partial charge in [0.1, 0.15) is 13.2 Å². The summed E-state index contributed by atoms with van der Waals surface area (Å²) < 4.78 is 11.3. The monoisotopic (exact) mass is 289 g/mol. The van der Waals surface area contributed by atoms with E-state index in [1.807, 2.05) is 6.07 Å². The van der Waals surface area contributed by atoms with Crippen molar-refractivity contribution in [2.75, 3.05) is 50.0 Å². The number of hydrogen-bond donors (Lipinski definition) is 1. The van der Waals surface area contributed by atoms with Crippen molar-refractivity contribution in [3.8, 4) is 11.5 Å². The molecule has 5 heteroatoms. The first-order valence-electron chi connectivity index (χ1n) is 7.99. The highest BCUT2D eigenvalue weighted by molar-refractivity contribution is 5.73. The molecule has 1 aromatic rings. The van der Waals surface area contributed by atoms with Gasteiger partial charge in [-0.25, -0.2) is 0 Å². The minimum absolute atomic E-state index is 0.604. The van der Waals surface area contributed by atoms with Crippen LogP contribution in [0.25, 0.3) is 0 Å². The number of ether oxygens (including phenoxy) is 2. The molecule has 0 aliphatic carbocycles. The Morgan fingerprint density at radius 3 is 2.67 bits per heavy atom. The summed E-state index contributed by atoms with van der Waals surface area (Å²) in [5, 5.41) is 0. The first-order valence-corrected chi connectivity index (χ1v) is 7.99. The Labute approximate surface area is 125 Å². The number of benzene rings is 1. The van der Waals surface area contributed by atoms with E-state index in [-0.39, 0.29) is 0 Å². The predicted octanol–water partition coefficient (Wildman–Crippen LogP) is 1.71. The Morgan fingerprint density at radius 2 is 1.81 bits per heavy atom. The van der Waals surface area contributed by atoms with E-state index < -0.39 is 0 Å². The number of anilines is 2. The van der Waals surface area contributed by atoms with Crippen molar-refractivity contribution in [3.63, 3.8) is 0 Å². The average molecular weight is 289 g/mol. The maximum Gasteiger partial charge on any atom is 0.163 e. The Kier molecular flexibility index (Phi) is 3.30. The molecule has 4 rings (SSSR count). The number of hydrogen-bond acceptors (Lipinski definition) is 5. The summed E-state index contributed by atoms with van der Waals surface area (Å²) in [5.74, 6) is 1.61. The van der Waals surface area contributed by atoms with Gasteiger partial charge in [-0.15, -0.1) is 0 Å². The van der Waals surface area contributed by atoms with Crippen LogP contribution >= 0.6 is 0 Å². The van der Waals surface area contributed by atoms with Gasteiger partial charge in [-0.3, -0.25) is 4.90 Å². The van der Waals surface area contributed by atoms with E-state index in [1.165, 1.54) is 25.8 Å². The Hall–Kier alpha value is -1.62. The van der Waals surface area contributed by atoms with Gasteiger partial charge < -0.3 is 20.1 Å². The van der Waals surface area contributed by atoms with Gasteiger partial charge in [0.05, 0.1) is 11.4 Å². The lowest BCUT2D eigenvalue weighted by Crippen LogP contribution is -2.55. The second-order valence-corrected chi connectivity index (χ2v) is 6.19.